The molecule has 0 atom stereocenters. The predicted molar refractivity (Wildman–Crippen MR) is 321 cm³/mol. The fraction of sp³-hybridized carbons (Fsp3) is 0.219. The van der Waals surface area contributed by atoms with Crippen LogP contribution in [0.4, 0.5) is 34.1 Å². The highest BCUT2D eigenvalue weighted by atomic mass is 16.6. The monoisotopic (exact) mass is 1130 g/mol. The van der Waals surface area contributed by atoms with Crippen LogP contribution in [0.1, 0.15) is 43.0 Å². The second-order valence-electron chi connectivity index (χ2n) is 20.8. The molecule has 0 saturated carbocycles. The van der Waals surface area contributed by atoms with E-state index in [4.69, 9.17) is 9.47 Å². The minimum Gasteiger partial charge on any atom is -0.386 e. The first-order chi connectivity index (χ1) is 40.5. The van der Waals surface area contributed by atoms with Crippen LogP contribution in [-0.2, 0) is 38.2 Å². The van der Waals surface area contributed by atoms with Gasteiger partial charge in [-0.25, -0.2) is 19.2 Å². The summed E-state index contributed by atoms with van der Waals surface area (Å²) in [6.07, 6.45) is 1.27. The Labute approximate surface area is 485 Å². The molecule has 4 aliphatic heterocycles. The molecule has 4 amide bonds. The molecule has 4 heterocycles. The number of nitrogens with zero attached hydrogens (tertiary/aromatic N) is 6. The summed E-state index contributed by atoms with van der Waals surface area (Å²) in [6.45, 7) is 7.56. The van der Waals surface area contributed by atoms with Crippen molar-refractivity contribution in [1.82, 2.24) is 19.6 Å². The summed E-state index contributed by atoms with van der Waals surface area (Å²) in [5.74, 6) is -5.59. The summed E-state index contributed by atoms with van der Waals surface area (Å²) in [4.78, 5) is 118. The zero-order valence-electron chi connectivity index (χ0n) is 46.8. The van der Waals surface area contributed by atoms with E-state index in [1.165, 1.54) is 24.3 Å². The Morgan fingerprint density at radius 1 is 0.476 bits per heavy atom. The number of carbonyl (C=O) groups excluding carboxylic acids is 8. The molecule has 0 aliphatic carbocycles. The predicted octanol–water partition coefficient (Wildman–Crippen LogP) is 6.60. The molecule has 0 bridgehead atoms. The Bertz CT molecular complexity index is 3410. The highest BCUT2D eigenvalue weighted by Gasteiger charge is 2.32. The van der Waals surface area contributed by atoms with Crippen LogP contribution in [0.25, 0.3) is 22.5 Å². The number of likely N-dealkylation sites (N-methyl/N-ethyl adjacent to an activating group) is 4. The minimum absolute atomic E-state index is 0.0238. The average molecular weight is 1130 g/mol. The molecule has 20 nitrogen and oxygen atoms in total. The van der Waals surface area contributed by atoms with E-state index in [0.29, 0.717) is 81.6 Å². The summed E-state index contributed by atoms with van der Waals surface area (Å²) in [7, 11) is 7.63. The largest absolute Gasteiger partial charge is 0.386 e. The van der Waals surface area contributed by atoms with Crippen molar-refractivity contribution in [3.05, 3.63) is 191 Å². The first-order valence-electron chi connectivity index (χ1n) is 27.4. The molecule has 0 aromatic heterocycles. The number of benzene rings is 6. The highest BCUT2D eigenvalue weighted by molar-refractivity contribution is 6.38. The van der Waals surface area contributed by atoms with Gasteiger partial charge >= 0.3 is 23.9 Å². The van der Waals surface area contributed by atoms with Crippen molar-refractivity contribution in [2.24, 2.45) is 0 Å². The molecule has 6 aromatic carbocycles. The second kappa shape index (κ2) is 25.5. The molecule has 0 radical (unpaired) electrons. The normalized spacial score (nSPS) is 16.6. The number of esters is 4. The molecule has 2 saturated heterocycles. The van der Waals surface area contributed by atoms with E-state index in [1.54, 1.807) is 36.0 Å². The summed E-state index contributed by atoms with van der Waals surface area (Å²) in [5.41, 5.74) is 6.98. The van der Waals surface area contributed by atoms with Crippen molar-refractivity contribution in [3.63, 3.8) is 0 Å². The number of fused-ring (bicyclic) bond motifs is 2. The molecule has 6 aromatic rings. The molecule has 10 rings (SSSR count). The van der Waals surface area contributed by atoms with Crippen LogP contribution in [-0.4, -0.2) is 161 Å². The van der Waals surface area contributed by atoms with Gasteiger partial charge in [-0.15, -0.1) is 0 Å². The number of hydrogen-bond donors (Lipinski definition) is 4. The van der Waals surface area contributed by atoms with Crippen molar-refractivity contribution in [3.8, 4) is 0 Å². The van der Waals surface area contributed by atoms with Crippen LogP contribution in [0.3, 0.4) is 0 Å². The Kier molecular flexibility index (Phi) is 17.4. The number of hydrogen-bond acceptors (Lipinski definition) is 16. The molecular formula is C64H62N10O10. The maximum absolute atomic E-state index is 13.8. The van der Waals surface area contributed by atoms with Gasteiger partial charge < -0.3 is 50.3 Å². The van der Waals surface area contributed by atoms with E-state index in [1.807, 2.05) is 109 Å². The third kappa shape index (κ3) is 13.4. The van der Waals surface area contributed by atoms with Gasteiger partial charge in [-0.2, -0.15) is 0 Å². The zero-order valence-corrected chi connectivity index (χ0v) is 46.8. The lowest BCUT2D eigenvalue weighted by Crippen LogP contribution is -2.48. The van der Waals surface area contributed by atoms with Gasteiger partial charge in [-0.1, -0.05) is 72.8 Å². The molecule has 428 valence electrons. The van der Waals surface area contributed by atoms with Crippen LogP contribution in [0.15, 0.2) is 158 Å². The first-order valence-corrected chi connectivity index (χ1v) is 27.4. The van der Waals surface area contributed by atoms with Crippen LogP contribution in [0.2, 0.25) is 0 Å². The molecule has 20 heteroatoms. The Morgan fingerprint density at radius 2 is 0.833 bits per heavy atom. The van der Waals surface area contributed by atoms with E-state index in [2.05, 4.69) is 55.0 Å². The summed E-state index contributed by atoms with van der Waals surface area (Å²) >= 11 is 0. The molecule has 4 N–H and O–H groups in total. The van der Waals surface area contributed by atoms with Gasteiger partial charge in [-0.3, -0.25) is 29.0 Å². The summed E-state index contributed by atoms with van der Waals surface area (Å²) in [6, 6.07) is 41.7. The maximum Gasteiger partial charge on any atom is 0.346 e. The van der Waals surface area contributed by atoms with E-state index in [0.717, 1.165) is 52.4 Å². The molecule has 84 heavy (non-hydrogen) atoms. The number of carbonyl (C=O) groups is 8. The number of ether oxygens (including phenoxy) is 2. The minimum atomic E-state index is -1.24. The van der Waals surface area contributed by atoms with Crippen molar-refractivity contribution in [2.75, 3.05) is 125 Å². The number of piperazine rings is 2. The lowest BCUT2D eigenvalue weighted by atomic mass is 9.99. The Balaban J connectivity index is 0.764. The third-order valence-corrected chi connectivity index (χ3v) is 15.1. The number of rotatable bonds is 16. The van der Waals surface area contributed by atoms with E-state index in [-0.39, 0.29) is 45.5 Å². The Morgan fingerprint density at radius 3 is 1.19 bits per heavy atom. The maximum atomic E-state index is 13.8. The van der Waals surface area contributed by atoms with E-state index < -0.39 is 35.7 Å². The fourth-order valence-corrected chi connectivity index (χ4v) is 10.1. The number of amides is 4. The molecule has 0 spiro atoms. The SMILES string of the molecule is CN1CCN(CC(=O)N(C)c2ccc(N/C(=C3\C(=O)Nc4cc(C(=O)OC(=O)/C=C\C(=O)OC(=O)c5ccc6c(c5)NC(=O)/C6=C(\Nc5ccc(N(C)C(=O)CN6CCN(C)CC6)cc5)c5ccccc5)ccc43)c3ccccc3)cc2)CC1. The second-order valence-corrected chi connectivity index (χ2v) is 20.8. The molecular weight excluding hydrogens is 1070 g/mol. The Hall–Kier alpha value is -9.86. The average Bonchev–Trinajstić information content (AvgIpc) is 4.21. The topological polar surface area (TPSA) is 223 Å². The summed E-state index contributed by atoms with van der Waals surface area (Å²) < 4.78 is 9.97. The number of nitrogens with one attached hydrogen (secondary N) is 4. The molecule has 4 aliphatic rings. The van der Waals surface area contributed by atoms with Crippen molar-refractivity contribution in [2.45, 2.75) is 0 Å². The smallest absolute Gasteiger partial charge is 0.346 e. The standard InChI is InChI=1S/C64H62N10O10/c1-69-29-33-73(34-30-69)39-53(75)71(3)47-21-17-45(18-22-47)65-59(41-11-7-5-8-12-41)57-49-25-15-43(37-51(49)67-61(57)79)63(81)83-55(77)27-28-56(78)84-64(82)44-16-26-50-52(38-44)68-62(80)58(50)60(42-13-9-6-10-14-42)66-46-19-23-48(24-20-46)72(4)54(76)40-74-35-31-70(2)32-36-74/h5-28,37-38,65-66H,29-36,39-40H2,1-4H3,(H,67,79)(H,68,80)/b28-27-,59-57-,60-58-. The van der Waals surface area contributed by atoms with Gasteiger partial charge in [0, 0.05) is 112 Å². The van der Waals surface area contributed by atoms with Gasteiger partial charge in [0.25, 0.3) is 11.8 Å². The van der Waals surface area contributed by atoms with Crippen LogP contribution in [0, 0.1) is 0 Å². The molecule has 2 fully saturated rings. The third-order valence-electron chi connectivity index (χ3n) is 15.1. The highest BCUT2D eigenvalue weighted by Crippen LogP contribution is 2.40. The van der Waals surface area contributed by atoms with Crippen LogP contribution < -0.4 is 31.1 Å². The summed E-state index contributed by atoms with van der Waals surface area (Å²) in [5, 5.41) is 12.4. The number of anilines is 6. The van der Waals surface area contributed by atoms with Crippen molar-refractivity contribution >= 4 is 104 Å². The lowest BCUT2D eigenvalue weighted by molar-refractivity contribution is -0.135. The van der Waals surface area contributed by atoms with Gasteiger partial charge in [0.05, 0.1) is 58.1 Å². The van der Waals surface area contributed by atoms with Crippen molar-refractivity contribution in [1.29, 1.82) is 0 Å². The van der Waals surface area contributed by atoms with E-state index >= 15 is 0 Å². The van der Waals surface area contributed by atoms with Crippen LogP contribution >= 0.6 is 0 Å². The van der Waals surface area contributed by atoms with E-state index in [9.17, 15) is 38.4 Å². The van der Waals surface area contributed by atoms with Crippen molar-refractivity contribution < 1.29 is 47.8 Å². The lowest BCUT2D eigenvalue weighted by Gasteiger charge is -2.32. The van der Waals surface area contributed by atoms with Gasteiger partial charge in [0.1, 0.15) is 0 Å². The fourth-order valence-electron chi connectivity index (χ4n) is 10.1. The quantitative estimate of drug-likeness (QED) is 0.0456. The van der Waals surface area contributed by atoms with Crippen LogP contribution in [0.5, 0.6) is 0 Å². The zero-order chi connectivity index (χ0) is 59.0. The first kappa shape index (κ1) is 57.4. The van der Waals surface area contributed by atoms with Gasteiger partial charge in [0.15, 0.2) is 0 Å². The molecule has 0 unspecified atom stereocenters. The van der Waals surface area contributed by atoms with Gasteiger partial charge in [0.2, 0.25) is 11.8 Å². The van der Waals surface area contributed by atoms with Gasteiger partial charge in [-0.05, 0) is 98.0 Å².